The fourth-order valence-electron chi connectivity index (χ4n) is 1.99. The first-order valence-electron chi connectivity index (χ1n) is 6.52. The van der Waals surface area contributed by atoms with Gasteiger partial charge in [0.05, 0.1) is 12.7 Å². The molecule has 0 radical (unpaired) electrons. The Labute approximate surface area is 119 Å². The molecule has 0 N–H and O–H groups in total. The molecule has 3 nitrogen and oxygen atoms in total. The van der Waals surface area contributed by atoms with Crippen molar-refractivity contribution in [1.82, 2.24) is 14.5 Å². The Morgan fingerprint density at radius 2 is 1.89 bits per heavy atom. The van der Waals surface area contributed by atoms with Crippen LogP contribution in [0.25, 0.3) is 0 Å². The Hall–Kier alpha value is -1.32. The smallest absolute Gasteiger partial charge is 0.128 e. The van der Waals surface area contributed by atoms with E-state index in [0.717, 1.165) is 18.9 Å². The average Bonchev–Trinajstić information content (AvgIpc) is 2.71. The second-order valence-corrected chi connectivity index (χ2v) is 5.43. The quantitative estimate of drug-likeness (QED) is 0.834. The van der Waals surface area contributed by atoms with Gasteiger partial charge in [0.25, 0.3) is 0 Å². The Kier molecular flexibility index (Phi) is 4.61. The molecule has 0 amide bonds. The number of aromatic nitrogens is 2. The lowest BCUT2D eigenvalue weighted by Gasteiger charge is -2.26. The first-order valence-corrected chi connectivity index (χ1v) is 6.90. The SMILES string of the molecule is CC(C)N(Cc1ccccc1)Cc1ncc(Cl)n1C. The third-order valence-electron chi connectivity index (χ3n) is 3.33. The standard InChI is InChI=1S/C15H20ClN3/c1-12(2)19(10-13-7-5-4-6-8-13)11-15-17-9-14(16)18(15)3/h4-9,12H,10-11H2,1-3H3. The van der Waals surface area contributed by atoms with Crippen molar-refractivity contribution in [2.45, 2.75) is 33.0 Å². The van der Waals surface area contributed by atoms with Crippen molar-refractivity contribution >= 4 is 11.6 Å². The maximum atomic E-state index is 6.03. The summed E-state index contributed by atoms with van der Waals surface area (Å²) in [5.74, 6) is 0.995. The maximum absolute atomic E-state index is 6.03. The summed E-state index contributed by atoms with van der Waals surface area (Å²) in [6, 6.07) is 11.0. The van der Waals surface area contributed by atoms with Crippen molar-refractivity contribution in [3.05, 3.63) is 53.1 Å². The molecular weight excluding hydrogens is 258 g/mol. The Morgan fingerprint density at radius 1 is 1.21 bits per heavy atom. The highest BCUT2D eigenvalue weighted by Gasteiger charge is 2.14. The molecule has 2 aromatic rings. The van der Waals surface area contributed by atoms with Crippen LogP contribution < -0.4 is 0 Å². The second kappa shape index (κ2) is 6.22. The lowest BCUT2D eigenvalue weighted by molar-refractivity contribution is 0.196. The zero-order valence-corrected chi connectivity index (χ0v) is 12.4. The Bertz CT molecular complexity index is 519. The number of rotatable bonds is 5. The molecule has 0 aliphatic carbocycles. The van der Waals surface area contributed by atoms with Gasteiger partial charge in [-0.1, -0.05) is 41.9 Å². The van der Waals surface area contributed by atoms with Crippen molar-refractivity contribution < 1.29 is 0 Å². The normalized spacial score (nSPS) is 11.5. The van der Waals surface area contributed by atoms with E-state index in [1.165, 1.54) is 5.56 Å². The molecule has 0 saturated carbocycles. The summed E-state index contributed by atoms with van der Waals surface area (Å²) in [5, 5.41) is 0.679. The number of nitrogens with zero attached hydrogens (tertiary/aromatic N) is 3. The molecule has 4 heteroatoms. The zero-order valence-electron chi connectivity index (χ0n) is 11.7. The summed E-state index contributed by atoms with van der Waals surface area (Å²) in [4.78, 5) is 6.75. The predicted molar refractivity (Wildman–Crippen MR) is 79.0 cm³/mol. The number of imidazole rings is 1. The van der Waals surface area contributed by atoms with E-state index in [0.29, 0.717) is 11.2 Å². The van der Waals surface area contributed by atoms with Crippen LogP contribution >= 0.6 is 11.6 Å². The zero-order chi connectivity index (χ0) is 13.8. The van der Waals surface area contributed by atoms with E-state index in [-0.39, 0.29) is 0 Å². The van der Waals surface area contributed by atoms with Crippen LogP contribution in [-0.4, -0.2) is 20.5 Å². The van der Waals surface area contributed by atoms with E-state index in [4.69, 9.17) is 11.6 Å². The minimum Gasteiger partial charge on any atom is -0.321 e. The maximum Gasteiger partial charge on any atom is 0.128 e. The Morgan fingerprint density at radius 3 is 2.42 bits per heavy atom. The van der Waals surface area contributed by atoms with Crippen LogP contribution in [0.5, 0.6) is 0 Å². The predicted octanol–water partition coefficient (Wildman–Crippen LogP) is 3.48. The van der Waals surface area contributed by atoms with Crippen molar-refractivity contribution in [3.63, 3.8) is 0 Å². The lowest BCUT2D eigenvalue weighted by Crippen LogP contribution is -2.30. The minimum absolute atomic E-state index is 0.454. The van der Waals surface area contributed by atoms with Crippen molar-refractivity contribution in [1.29, 1.82) is 0 Å². The van der Waals surface area contributed by atoms with Crippen LogP contribution in [0.3, 0.4) is 0 Å². The molecule has 2 rings (SSSR count). The van der Waals surface area contributed by atoms with E-state index >= 15 is 0 Å². The van der Waals surface area contributed by atoms with E-state index in [1.807, 2.05) is 17.7 Å². The highest BCUT2D eigenvalue weighted by Crippen LogP contribution is 2.15. The van der Waals surface area contributed by atoms with E-state index < -0.39 is 0 Å². The molecule has 0 atom stereocenters. The first kappa shape index (κ1) is 14.1. The van der Waals surface area contributed by atoms with Crippen LogP contribution in [0.1, 0.15) is 25.2 Å². The second-order valence-electron chi connectivity index (χ2n) is 5.04. The van der Waals surface area contributed by atoms with Crippen LogP contribution in [0.4, 0.5) is 0 Å². The molecule has 0 aliphatic heterocycles. The van der Waals surface area contributed by atoms with Gasteiger partial charge in [-0.05, 0) is 19.4 Å². The van der Waals surface area contributed by atoms with Gasteiger partial charge in [-0.3, -0.25) is 4.90 Å². The molecule has 0 fully saturated rings. The summed E-state index contributed by atoms with van der Waals surface area (Å²) in [7, 11) is 1.95. The largest absolute Gasteiger partial charge is 0.321 e. The van der Waals surface area contributed by atoms with Crippen LogP contribution in [-0.2, 0) is 20.1 Å². The lowest BCUT2D eigenvalue weighted by atomic mass is 10.2. The van der Waals surface area contributed by atoms with Gasteiger partial charge in [-0.2, -0.15) is 0 Å². The van der Waals surface area contributed by atoms with Crippen LogP contribution in [0.15, 0.2) is 36.5 Å². The monoisotopic (exact) mass is 277 g/mol. The topological polar surface area (TPSA) is 21.1 Å². The summed E-state index contributed by atoms with van der Waals surface area (Å²) >= 11 is 6.03. The fraction of sp³-hybridized carbons (Fsp3) is 0.400. The molecule has 0 unspecified atom stereocenters. The molecule has 102 valence electrons. The molecule has 0 bridgehead atoms. The number of hydrogen-bond donors (Lipinski definition) is 0. The molecule has 0 aliphatic rings. The van der Waals surface area contributed by atoms with Crippen LogP contribution in [0.2, 0.25) is 5.15 Å². The summed E-state index contributed by atoms with van der Waals surface area (Å²) in [5.41, 5.74) is 1.32. The molecule has 1 heterocycles. The van der Waals surface area contributed by atoms with Crippen molar-refractivity contribution in [2.75, 3.05) is 0 Å². The molecule has 0 saturated heterocycles. The number of hydrogen-bond acceptors (Lipinski definition) is 2. The molecule has 0 spiro atoms. The first-order chi connectivity index (χ1) is 9.08. The number of benzene rings is 1. The van der Waals surface area contributed by atoms with E-state index in [1.54, 1.807) is 6.20 Å². The van der Waals surface area contributed by atoms with Gasteiger partial charge in [-0.25, -0.2) is 4.98 Å². The van der Waals surface area contributed by atoms with Gasteiger partial charge in [0, 0.05) is 19.6 Å². The highest BCUT2D eigenvalue weighted by molar-refractivity contribution is 6.29. The molecule has 19 heavy (non-hydrogen) atoms. The van der Waals surface area contributed by atoms with Gasteiger partial charge < -0.3 is 4.57 Å². The fourth-order valence-corrected chi connectivity index (χ4v) is 2.14. The Balaban J connectivity index is 2.11. The highest BCUT2D eigenvalue weighted by atomic mass is 35.5. The van der Waals surface area contributed by atoms with Crippen LogP contribution in [0, 0.1) is 0 Å². The van der Waals surface area contributed by atoms with E-state index in [9.17, 15) is 0 Å². The molecule has 1 aromatic carbocycles. The van der Waals surface area contributed by atoms with Gasteiger partial charge >= 0.3 is 0 Å². The van der Waals surface area contributed by atoms with Gasteiger partial charge in [0.1, 0.15) is 11.0 Å². The average molecular weight is 278 g/mol. The minimum atomic E-state index is 0.454. The summed E-state index contributed by atoms with van der Waals surface area (Å²) < 4.78 is 1.93. The summed E-state index contributed by atoms with van der Waals surface area (Å²) in [6.07, 6.45) is 1.71. The molecular formula is C15H20ClN3. The van der Waals surface area contributed by atoms with Gasteiger partial charge in [0.15, 0.2) is 0 Å². The third kappa shape index (κ3) is 3.58. The van der Waals surface area contributed by atoms with E-state index in [2.05, 4.69) is 48.0 Å². The van der Waals surface area contributed by atoms with Crippen molar-refractivity contribution in [2.24, 2.45) is 7.05 Å². The van der Waals surface area contributed by atoms with Gasteiger partial charge in [0.2, 0.25) is 0 Å². The third-order valence-corrected chi connectivity index (χ3v) is 3.68. The number of halogens is 1. The molecule has 1 aromatic heterocycles. The van der Waals surface area contributed by atoms with Gasteiger partial charge in [-0.15, -0.1) is 0 Å². The summed E-state index contributed by atoms with van der Waals surface area (Å²) in [6.45, 7) is 6.12. The van der Waals surface area contributed by atoms with Crippen molar-refractivity contribution in [3.8, 4) is 0 Å².